The lowest BCUT2D eigenvalue weighted by atomic mass is 10.2. The summed E-state index contributed by atoms with van der Waals surface area (Å²) in [5.41, 5.74) is 1.39. The first kappa shape index (κ1) is 8.81. The van der Waals surface area contributed by atoms with Crippen molar-refractivity contribution in [1.29, 1.82) is 0 Å². The van der Waals surface area contributed by atoms with Crippen LogP contribution in [0.3, 0.4) is 0 Å². The average Bonchev–Trinajstić information content (AvgIpc) is 2.63. The Morgan fingerprint density at radius 3 is 2.86 bits per heavy atom. The van der Waals surface area contributed by atoms with E-state index in [9.17, 15) is 0 Å². The predicted octanol–water partition coefficient (Wildman–Crippen LogP) is 3.02. The van der Waals surface area contributed by atoms with Gasteiger partial charge in [-0.05, 0) is 18.6 Å². The van der Waals surface area contributed by atoms with Crippen LogP contribution in [0.25, 0.3) is 11.0 Å². The van der Waals surface area contributed by atoms with E-state index in [0.29, 0.717) is 17.9 Å². The zero-order valence-electron chi connectivity index (χ0n) is 7.90. The van der Waals surface area contributed by atoms with Crippen LogP contribution in [-0.4, -0.2) is 10.9 Å². The number of rotatable bonds is 2. The molecule has 1 aromatic carbocycles. The van der Waals surface area contributed by atoms with Gasteiger partial charge in [0.05, 0.1) is 0 Å². The van der Waals surface area contributed by atoms with E-state index in [0.717, 1.165) is 11.0 Å². The summed E-state index contributed by atoms with van der Waals surface area (Å²) in [4.78, 5) is 0. The summed E-state index contributed by atoms with van der Waals surface area (Å²) in [7, 11) is 0. The third-order valence-electron chi connectivity index (χ3n) is 2.17. The molecule has 0 radical (unpaired) electrons. The quantitative estimate of drug-likeness (QED) is 0.448. The lowest BCUT2D eigenvalue weighted by molar-refractivity contribution is 0.317. The van der Waals surface area contributed by atoms with Gasteiger partial charge in [-0.1, -0.05) is 30.3 Å². The van der Waals surface area contributed by atoms with Crippen molar-refractivity contribution < 1.29 is 9.62 Å². The summed E-state index contributed by atoms with van der Waals surface area (Å²) < 4.78 is 5.52. The molecule has 14 heavy (non-hydrogen) atoms. The molecule has 0 unspecified atom stereocenters. The maximum absolute atomic E-state index is 8.73. The minimum atomic E-state index is 0.571. The molecule has 0 spiro atoms. The number of nitrogens with zero attached hydrogens (tertiary/aromatic N) is 1. The van der Waals surface area contributed by atoms with E-state index in [4.69, 9.17) is 9.62 Å². The highest BCUT2D eigenvalue weighted by Gasteiger charge is 2.08. The van der Waals surface area contributed by atoms with E-state index >= 15 is 0 Å². The van der Waals surface area contributed by atoms with Crippen LogP contribution < -0.4 is 0 Å². The zero-order chi connectivity index (χ0) is 9.97. The highest BCUT2D eigenvalue weighted by atomic mass is 16.4. The molecule has 0 atom stereocenters. The van der Waals surface area contributed by atoms with Gasteiger partial charge in [-0.25, -0.2) is 0 Å². The summed E-state index contributed by atoms with van der Waals surface area (Å²) in [5, 5.41) is 13.0. The van der Waals surface area contributed by atoms with Crippen molar-refractivity contribution in [3.63, 3.8) is 0 Å². The minimum Gasteiger partial charge on any atom is -0.455 e. The van der Waals surface area contributed by atoms with E-state index in [1.165, 1.54) is 0 Å². The average molecular weight is 189 g/mol. The first-order chi connectivity index (χ1) is 6.85. The summed E-state index contributed by atoms with van der Waals surface area (Å²) in [6.07, 6.45) is 0.649. The van der Waals surface area contributed by atoms with E-state index in [1.807, 2.05) is 37.3 Å². The summed E-state index contributed by atoms with van der Waals surface area (Å²) >= 11 is 0. The number of fused-ring (bicyclic) bond motifs is 1. The molecular formula is C11H11NO2. The first-order valence-electron chi connectivity index (χ1n) is 4.55. The van der Waals surface area contributed by atoms with Gasteiger partial charge in [-0.3, -0.25) is 0 Å². The molecule has 0 saturated heterocycles. The molecule has 72 valence electrons. The van der Waals surface area contributed by atoms with Gasteiger partial charge < -0.3 is 9.62 Å². The molecule has 2 aromatic rings. The molecule has 1 N–H and O–H groups in total. The summed E-state index contributed by atoms with van der Waals surface area (Å²) in [6, 6.07) is 9.60. The molecule has 0 aliphatic heterocycles. The summed E-state index contributed by atoms with van der Waals surface area (Å²) in [6.45, 7) is 1.92. The zero-order valence-corrected chi connectivity index (χ0v) is 7.90. The number of furan rings is 1. The largest absolute Gasteiger partial charge is 0.455 e. The van der Waals surface area contributed by atoms with Gasteiger partial charge in [0.25, 0.3) is 0 Å². The third kappa shape index (κ3) is 1.37. The van der Waals surface area contributed by atoms with Crippen LogP contribution >= 0.6 is 0 Å². The molecule has 2 rings (SSSR count). The molecule has 1 aromatic heterocycles. The smallest absolute Gasteiger partial charge is 0.152 e. The third-order valence-corrected chi connectivity index (χ3v) is 2.17. The van der Waals surface area contributed by atoms with Crippen LogP contribution in [0.4, 0.5) is 0 Å². The van der Waals surface area contributed by atoms with Gasteiger partial charge in [0, 0.05) is 5.39 Å². The van der Waals surface area contributed by atoms with Gasteiger partial charge in [0.1, 0.15) is 11.3 Å². The van der Waals surface area contributed by atoms with Crippen LogP contribution in [0.5, 0.6) is 0 Å². The maximum atomic E-state index is 8.73. The maximum Gasteiger partial charge on any atom is 0.152 e. The molecule has 3 heteroatoms. The topological polar surface area (TPSA) is 45.7 Å². The van der Waals surface area contributed by atoms with E-state index in [2.05, 4.69) is 5.16 Å². The second-order valence-electron chi connectivity index (χ2n) is 3.05. The Hall–Kier alpha value is -1.77. The number of hydrogen-bond donors (Lipinski definition) is 1. The molecule has 0 bridgehead atoms. The van der Waals surface area contributed by atoms with Gasteiger partial charge in [0.15, 0.2) is 5.76 Å². The van der Waals surface area contributed by atoms with Crippen molar-refractivity contribution in [2.45, 2.75) is 13.3 Å². The SMILES string of the molecule is CCC(=NO)c1cc2ccccc2o1. The fourth-order valence-corrected chi connectivity index (χ4v) is 1.42. The van der Waals surface area contributed by atoms with E-state index < -0.39 is 0 Å². The first-order valence-corrected chi connectivity index (χ1v) is 4.55. The van der Waals surface area contributed by atoms with Gasteiger partial charge in [-0.2, -0.15) is 0 Å². The highest BCUT2D eigenvalue weighted by Crippen LogP contribution is 2.19. The van der Waals surface area contributed by atoms with Crippen molar-refractivity contribution in [2.24, 2.45) is 5.16 Å². The van der Waals surface area contributed by atoms with Crippen molar-refractivity contribution in [3.8, 4) is 0 Å². The second-order valence-corrected chi connectivity index (χ2v) is 3.05. The minimum absolute atomic E-state index is 0.571. The number of benzene rings is 1. The Kier molecular flexibility index (Phi) is 2.23. The molecular weight excluding hydrogens is 178 g/mol. The highest BCUT2D eigenvalue weighted by molar-refractivity contribution is 6.00. The van der Waals surface area contributed by atoms with Crippen molar-refractivity contribution >= 4 is 16.7 Å². The molecule has 0 saturated carbocycles. The van der Waals surface area contributed by atoms with E-state index in [-0.39, 0.29) is 0 Å². The second kappa shape index (κ2) is 3.54. The number of oxime groups is 1. The van der Waals surface area contributed by atoms with Crippen LogP contribution in [-0.2, 0) is 0 Å². The molecule has 0 amide bonds. The summed E-state index contributed by atoms with van der Waals surface area (Å²) in [5.74, 6) is 0.635. The van der Waals surface area contributed by atoms with Crippen LogP contribution in [0, 0.1) is 0 Å². The number of hydrogen-bond acceptors (Lipinski definition) is 3. The van der Waals surface area contributed by atoms with Crippen LogP contribution in [0.2, 0.25) is 0 Å². The Morgan fingerprint density at radius 1 is 1.43 bits per heavy atom. The Morgan fingerprint density at radius 2 is 2.21 bits per heavy atom. The van der Waals surface area contributed by atoms with Crippen molar-refractivity contribution in [1.82, 2.24) is 0 Å². The molecule has 0 fully saturated rings. The van der Waals surface area contributed by atoms with Gasteiger partial charge >= 0.3 is 0 Å². The lowest BCUT2D eigenvalue weighted by Gasteiger charge is -1.93. The molecule has 0 aliphatic rings. The molecule has 1 heterocycles. The monoisotopic (exact) mass is 189 g/mol. The lowest BCUT2D eigenvalue weighted by Crippen LogP contribution is -1.95. The Labute approximate surface area is 81.6 Å². The predicted molar refractivity (Wildman–Crippen MR) is 54.8 cm³/mol. The van der Waals surface area contributed by atoms with E-state index in [1.54, 1.807) is 0 Å². The molecule has 3 nitrogen and oxygen atoms in total. The van der Waals surface area contributed by atoms with Crippen molar-refractivity contribution in [3.05, 3.63) is 36.1 Å². The van der Waals surface area contributed by atoms with Crippen LogP contribution in [0.1, 0.15) is 19.1 Å². The normalized spacial score (nSPS) is 12.2. The fraction of sp³-hybridized carbons (Fsp3) is 0.182. The molecule has 0 aliphatic carbocycles. The standard InChI is InChI=1S/C11H11NO2/c1-2-9(12-13)11-7-8-5-3-4-6-10(8)14-11/h3-7,13H,2H2,1H3. The Bertz CT molecular complexity index is 438. The Balaban J connectivity index is 2.55. The fourth-order valence-electron chi connectivity index (χ4n) is 1.42. The van der Waals surface area contributed by atoms with Gasteiger partial charge in [-0.15, -0.1) is 0 Å². The van der Waals surface area contributed by atoms with Gasteiger partial charge in [0.2, 0.25) is 0 Å². The van der Waals surface area contributed by atoms with Crippen molar-refractivity contribution in [2.75, 3.05) is 0 Å². The number of para-hydroxylation sites is 1. The van der Waals surface area contributed by atoms with Crippen LogP contribution in [0.15, 0.2) is 39.9 Å².